The summed E-state index contributed by atoms with van der Waals surface area (Å²) in [5, 5.41) is 1.65. The Morgan fingerprint density at radius 1 is 1.64 bits per heavy atom. The fourth-order valence-electron chi connectivity index (χ4n) is 1.00. The molecule has 2 rings (SSSR count). The van der Waals surface area contributed by atoms with E-state index in [2.05, 4.69) is 9.97 Å². The van der Waals surface area contributed by atoms with E-state index < -0.39 is 5.91 Å². The smallest absolute Gasteiger partial charge is 0.267 e. The van der Waals surface area contributed by atoms with Gasteiger partial charge in [-0.15, -0.1) is 11.3 Å². The lowest BCUT2D eigenvalue weighted by Crippen LogP contribution is -2.13. The molecule has 0 aromatic carbocycles. The molecule has 0 aliphatic carbocycles. The molecule has 0 spiro atoms. The molecular weight excluding hydrogens is 229 g/mol. The predicted molar refractivity (Wildman–Crippen MR) is 51.0 cm³/mol. The molecule has 0 bridgehead atoms. The van der Waals surface area contributed by atoms with E-state index in [1.54, 1.807) is 0 Å². The Morgan fingerprint density at radius 3 is 3.14 bits per heavy atom. The fourth-order valence-corrected chi connectivity index (χ4v) is 1.96. The van der Waals surface area contributed by atoms with Gasteiger partial charge in [0.2, 0.25) is 0 Å². The highest BCUT2D eigenvalue weighted by atomic mass is 35.5. The van der Waals surface area contributed by atoms with Gasteiger partial charge in [-0.25, -0.2) is 9.97 Å². The topological polar surface area (TPSA) is 54.9 Å². The molecule has 2 aromatic heterocycles. The summed E-state index contributed by atoms with van der Waals surface area (Å²) < 4.78 is 11.9. The van der Waals surface area contributed by atoms with Gasteiger partial charge >= 0.3 is 0 Å². The van der Waals surface area contributed by atoms with E-state index in [9.17, 15) is 9.28 Å². The third-order valence-electron chi connectivity index (χ3n) is 1.58. The highest BCUT2D eigenvalue weighted by Crippen LogP contribution is 2.23. The van der Waals surface area contributed by atoms with Crippen molar-refractivity contribution < 1.29 is 9.28 Å². The first-order valence-electron chi connectivity index (χ1n) is 3.53. The zero-order valence-corrected chi connectivity index (χ0v) is 8.19. The number of aromatic nitrogens is 2. The molecule has 0 atom stereocenters. The van der Waals surface area contributed by atoms with Crippen molar-refractivity contribution in [3.05, 3.63) is 22.3 Å². The maximum atomic E-state index is 11.9. The molecule has 0 aliphatic rings. The minimum atomic E-state index is -0.840. The molecule has 7 heteroatoms. The SMILES string of the molecule is O=C(NF)c1csc2ncc(Cl)nc12. The molecule has 0 fully saturated rings. The number of fused-ring (bicyclic) bond motifs is 1. The first-order chi connectivity index (χ1) is 6.72. The van der Waals surface area contributed by atoms with Gasteiger partial charge in [0.25, 0.3) is 5.91 Å². The molecule has 0 unspecified atom stereocenters. The van der Waals surface area contributed by atoms with Crippen LogP contribution in [-0.2, 0) is 0 Å². The number of hydrogen-bond donors (Lipinski definition) is 1. The van der Waals surface area contributed by atoms with Crippen molar-refractivity contribution in [2.45, 2.75) is 0 Å². The summed E-state index contributed by atoms with van der Waals surface area (Å²) in [6.45, 7) is 0. The maximum Gasteiger partial charge on any atom is 0.282 e. The molecule has 14 heavy (non-hydrogen) atoms. The van der Waals surface area contributed by atoms with Crippen molar-refractivity contribution in [2.75, 3.05) is 0 Å². The van der Waals surface area contributed by atoms with Crippen LogP contribution in [0.25, 0.3) is 10.3 Å². The lowest BCUT2D eigenvalue weighted by molar-refractivity contribution is 0.0861. The molecule has 1 N–H and O–H groups in total. The largest absolute Gasteiger partial charge is 0.282 e. The van der Waals surface area contributed by atoms with Gasteiger partial charge in [-0.2, -0.15) is 5.54 Å². The van der Waals surface area contributed by atoms with Crippen molar-refractivity contribution in [1.29, 1.82) is 0 Å². The summed E-state index contributed by atoms with van der Waals surface area (Å²) in [5.74, 6) is -0.840. The number of nitrogens with one attached hydrogen (secondary N) is 1. The number of hydrogen-bond acceptors (Lipinski definition) is 4. The van der Waals surface area contributed by atoms with E-state index in [1.807, 2.05) is 0 Å². The summed E-state index contributed by atoms with van der Waals surface area (Å²) in [6, 6.07) is 0. The molecule has 4 nitrogen and oxygen atoms in total. The Balaban J connectivity index is 2.67. The number of carbonyl (C=O) groups is 1. The first kappa shape index (κ1) is 9.29. The van der Waals surface area contributed by atoms with Crippen LogP contribution in [0.5, 0.6) is 0 Å². The number of rotatable bonds is 1. The van der Waals surface area contributed by atoms with E-state index in [0.717, 1.165) is 5.54 Å². The van der Waals surface area contributed by atoms with Crippen LogP contribution >= 0.6 is 22.9 Å². The van der Waals surface area contributed by atoms with E-state index in [4.69, 9.17) is 11.6 Å². The quantitative estimate of drug-likeness (QED) is 0.764. The minimum absolute atomic E-state index is 0.141. The average Bonchev–Trinajstić information content (AvgIpc) is 2.59. The van der Waals surface area contributed by atoms with Crippen molar-refractivity contribution in [2.24, 2.45) is 0 Å². The molecule has 0 radical (unpaired) electrons. The fraction of sp³-hybridized carbons (Fsp3) is 0. The van der Waals surface area contributed by atoms with Crippen LogP contribution in [0, 0.1) is 0 Å². The Morgan fingerprint density at radius 2 is 2.43 bits per heavy atom. The molecule has 1 amide bonds. The first-order valence-corrected chi connectivity index (χ1v) is 4.79. The monoisotopic (exact) mass is 231 g/mol. The highest BCUT2D eigenvalue weighted by Gasteiger charge is 2.14. The van der Waals surface area contributed by atoms with Crippen LogP contribution in [0.15, 0.2) is 11.6 Å². The van der Waals surface area contributed by atoms with Gasteiger partial charge in [-0.05, 0) is 0 Å². The lowest BCUT2D eigenvalue weighted by atomic mass is 10.3. The van der Waals surface area contributed by atoms with Crippen LogP contribution < -0.4 is 5.54 Å². The highest BCUT2D eigenvalue weighted by molar-refractivity contribution is 7.17. The van der Waals surface area contributed by atoms with Crippen molar-refractivity contribution in [3.8, 4) is 0 Å². The van der Waals surface area contributed by atoms with Gasteiger partial charge in [0.05, 0.1) is 11.8 Å². The van der Waals surface area contributed by atoms with Gasteiger partial charge in [0.1, 0.15) is 15.5 Å². The second-order valence-corrected chi connectivity index (χ2v) is 3.66. The lowest BCUT2D eigenvalue weighted by Gasteiger charge is -1.93. The van der Waals surface area contributed by atoms with Crippen LogP contribution in [0.2, 0.25) is 5.15 Å². The Labute approximate surface area is 86.7 Å². The van der Waals surface area contributed by atoms with Gasteiger partial charge < -0.3 is 0 Å². The van der Waals surface area contributed by atoms with Crippen LogP contribution in [-0.4, -0.2) is 15.9 Å². The summed E-state index contributed by atoms with van der Waals surface area (Å²) >= 11 is 6.81. The molecule has 0 aliphatic heterocycles. The maximum absolute atomic E-state index is 11.9. The molecule has 2 aromatic rings. The van der Waals surface area contributed by atoms with Crippen LogP contribution in [0.1, 0.15) is 10.4 Å². The Kier molecular flexibility index (Phi) is 2.30. The van der Waals surface area contributed by atoms with Gasteiger partial charge in [-0.3, -0.25) is 4.79 Å². The third kappa shape index (κ3) is 1.42. The van der Waals surface area contributed by atoms with Crippen LogP contribution in [0.4, 0.5) is 4.48 Å². The van der Waals surface area contributed by atoms with E-state index >= 15 is 0 Å². The summed E-state index contributed by atoms with van der Waals surface area (Å²) in [5.41, 5.74) is 1.49. The van der Waals surface area contributed by atoms with Crippen LogP contribution in [0.3, 0.4) is 0 Å². The zero-order chi connectivity index (χ0) is 10.1. The van der Waals surface area contributed by atoms with Gasteiger partial charge in [0, 0.05) is 5.38 Å². The normalized spacial score (nSPS) is 10.4. The van der Waals surface area contributed by atoms with E-state index in [1.165, 1.54) is 22.9 Å². The van der Waals surface area contributed by atoms with Crippen molar-refractivity contribution in [1.82, 2.24) is 15.5 Å². The summed E-state index contributed by atoms with van der Waals surface area (Å²) in [4.78, 5) is 19.4. The van der Waals surface area contributed by atoms with E-state index in [0.29, 0.717) is 10.3 Å². The second-order valence-electron chi connectivity index (χ2n) is 2.42. The van der Waals surface area contributed by atoms with Crippen molar-refractivity contribution in [3.63, 3.8) is 0 Å². The molecule has 0 saturated carbocycles. The summed E-state index contributed by atoms with van der Waals surface area (Å²) in [6.07, 6.45) is 1.37. The zero-order valence-electron chi connectivity index (χ0n) is 6.62. The second kappa shape index (κ2) is 3.47. The van der Waals surface area contributed by atoms with Gasteiger partial charge in [0.15, 0.2) is 0 Å². The number of carbonyl (C=O) groups excluding carboxylic acids is 1. The predicted octanol–water partition coefficient (Wildman–Crippen LogP) is 1.96. The Hall–Kier alpha value is -1.27. The number of halogens is 2. The molecule has 0 saturated heterocycles. The number of nitrogens with zero attached hydrogens (tertiary/aromatic N) is 2. The standard InChI is InChI=1S/C7H3ClFN3OS/c8-4-1-10-7-5(11-4)3(2-14-7)6(13)12-9/h1-2H,(H,12,13). The molecule has 72 valence electrons. The summed E-state index contributed by atoms with van der Waals surface area (Å²) in [7, 11) is 0. The Bertz CT molecular complexity index is 501. The number of amides is 1. The van der Waals surface area contributed by atoms with Crippen molar-refractivity contribution >= 4 is 39.2 Å². The minimum Gasteiger partial charge on any atom is -0.267 e. The van der Waals surface area contributed by atoms with E-state index in [-0.39, 0.29) is 10.7 Å². The van der Waals surface area contributed by atoms with Gasteiger partial charge in [-0.1, -0.05) is 16.1 Å². The number of thiophene rings is 1. The molecule has 2 heterocycles. The third-order valence-corrected chi connectivity index (χ3v) is 2.64. The average molecular weight is 232 g/mol. The molecular formula is C7H3ClFN3OS.